The summed E-state index contributed by atoms with van der Waals surface area (Å²) in [6.07, 6.45) is 1.47. The van der Waals surface area contributed by atoms with E-state index in [0.29, 0.717) is 5.56 Å². The number of aliphatic carboxylic acids is 1. The van der Waals surface area contributed by atoms with Crippen molar-refractivity contribution >= 4 is 46.3 Å². The molecule has 1 saturated heterocycles. The van der Waals surface area contributed by atoms with Gasteiger partial charge in [0.2, 0.25) is 0 Å². The minimum Gasteiger partial charge on any atom is -0.493 e. The van der Waals surface area contributed by atoms with Gasteiger partial charge >= 0.3 is 12.6 Å². The van der Waals surface area contributed by atoms with Crippen molar-refractivity contribution in [3.63, 3.8) is 0 Å². The molecule has 1 aromatic carbocycles. The van der Waals surface area contributed by atoms with E-state index in [-0.39, 0.29) is 20.7 Å². The van der Waals surface area contributed by atoms with Crippen molar-refractivity contribution in [3.05, 3.63) is 28.7 Å². The van der Waals surface area contributed by atoms with Crippen molar-refractivity contribution in [1.29, 1.82) is 0 Å². The molecule has 0 atom stereocenters. The Morgan fingerprint density at radius 2 is 2.17 bits per heavy atom. The minimum atomic E-state index is -2.99. The van der Waals surface area contributed by atoms with Gasteiger partial charge in [0, 0.05) is 0 Å². The Hall–Kier alpha value is -2.20. The summed E-state index contributed by atoms with van der Waals surface area (Å²) in [5.41, 5.74) is 0.490. The van der Waals surface area contributed by atoms with Gasteiger partial charge in [0.25, 0.3) is 5.91 Å². The highest BCUT2D eigenvalue weighted by Gasteiger charge is 2.33. The molecule has 24 heavy (non-hydrogen) atoms. The van der Waals surface area contributed by atoms with Gasteiger partial charge in [-0.2, -0.15) is 8.78 Å². The zero-order valence-corrected chi connectivity index (χ0v) is 13.8. The molecule has 128 valence electrons. The Kier molecular flexibility index (Phi) is 5.73. The number of carbonyl (C=O) groups is 2. The van der Waals surface area contributed by atoms with Crippen LogP contribution in [-0.4, -0.2) is 46.5 Å². The molecule has 0 radical (unpaired) electrons. The van der Waals surface area contributed by atoms with Crippen LogP contribution >= 0.6 is 24.0 Å². The summed E-state index contributed by atoms with van der Waals surface area (Å²) in [6, 6.07) is 4.17. The lowest BCUT2D eigenvalue weighted by atomic mass is 10.2. The van der Waals surface area contributed by atoms with Gasteiger partial charge in [-0.3, -0.25) is 14.5 Å². The van der Waals surface area contributed by atoms with E-state index in [1.807, 2.05) is 0 Å². The number of hydrogen-bond acceptors (Lipinski definition) is 6. The fourth-order valence-corrected chi connectivity index (χ4v) is 3.15. The lowest BCUT2D eigenvalue weighted by molar-refractivity contribution is -0.140. The van der Waals surface area contributed by atoms with Crippen molar-refractivity contribution in [1.82, 2.24) is 4.90 Å². The summed E-state index contributed by atoms with van der Waals surface area (Å²) in [5.74, 6) is -1.77. The second-order valence-electron chi connectivity index (χ2n) is 4.45. The molecule has 0 bridgehead atoms. The van der Waals surface area contributed by atoms with E-state index in [2.05, 4.69) is 4.74 Å². The molecule has 1 aromatic rings. The van der Waals surface area contributed by atoms with Crippen LogP contribution in [0.25, 0.3) is 6.08 Å². The second kappa shape index (κ2) is 7.58. The highest BCUT2D eigenvalue weighted by atomic mass is 32.2. The molecule has 0 aromatic heterocycles. The highest BCUT2D eigenvalue weighted by molar-refractivity contribution is 8.26. The predicted octanol–water partition coefficient (Wildman–Crippen LogP) is 2.58. The number of thiocarbonyl (C=S) groups is 1. The molecule has 1 N–H and O–H groups in total. The summed E-state index contributed by atoms with van der Waals surface area (Å²) in [4.78, 5) is 24.1. The summed E-state index contributed by atoms with van der Waals surface area (Å²) < 4.78 is 34.0. The molecular weight excluding hydrogens is 364 g/mol. The maximum absolute atomic E-state index is 12.3. The zero-order chi connectivity index (χ0) is 17.9. The van der Waals surface area contributed by atoms with Crippen LogP contribution in [0.5, 0.6) is 11.5 Å². The van der Waals surface area contributed by atoms with Gasteiger partial charge in [0.05, 0.1) is 12.0 Å². The van der Waals surface area contributed by atoms with Crippen LogP contribution < -0.4 is 9.47 Å². The number of methoxy groups -OCH3 is 1. The molecule has 1 aliphatic heterocycles. The maximum atomic E-state index is 12.3. The fraction of sp³-hybridized carbons (Fsp3) is 0.214. The number of carbonyl (C=O) groups excluding carboxylic acids is 1. The average molecular weight is 375 g/mol. The summed E-state index contributed by atoms with van der Waals surface area (Å²) in [5, 5.41) is 8.78. The number of amides is 1. The van der Waals surface area contributed by atoms with Crippen molar-refractivity contribution in [2.24, 2.45) is 0 Å². The number of alkyl halides is 2. The predicted molar refractivity (Wildman–Crippen MR) is 87.1 cm³/mol. The van der Waals surface area contributed by atoms with Crippen molar-refractivity contribution in [2.75, 3.05) is 13.7 Å². The molecule has 1 fully saturated rings. The molecule has 1 amide bonds. The normalized spacial score (nSPS) is 16.2. The van der Waals surface area contributed by atoms with Crippen LogP contribution in [0.4, 0.5) is 8.78 Å². The van der Waals surface area contributed by atoms with E-state index < -0.39 is 25.0 Å². The summed E-state index contributed by atoms with van der Waals surface area (Å²) >= 11 is 5.94. The summed E-state index contributed by atoms with van der Waals surface area (Å²) in [6.45, 7) is -3.51. The molecule has 0 saturated carbocycles. The van der Waals surface area contributed by atoms with Gasteiger partial charge in [-0.15, -0.1) is 0 Å². The van der Waals surface area contributed by atoms with Gasteiger partial charge in [0.15, 0.2) is 11.5 Å². The molecule has 10 heteroatoms. The Balaban J connectivity index is 2.26. The number of benzene rings is 1. The molecule has 0 spiro atoms. The van der Waals surface area contributed by atoms with Gasteiger partial charge in [0.1, 0.15) is 10.9 Å². The van der Waals surface area contributed by atoms with Crippen LogP contribution in [0, 0.1) is 0 Å². The number of thioether (sulfide) groups is 1. The standard InChI is InChI=1S/C14H11F2NO5S2/c1-21-9-4-7(2-3-8(9)22-13(15)16)5-10-12(20)17(6-11(18)19)14(23)24-10/h2-5,13H,6H2,1H3,(H,18,19)/b10-5-. The third kappa shape index (κ3) is 4.20. The van der Waals surface area contributed by atoms with E-state index in [9.17, 15) is 18.4 Å². The molecule has 1 heterocycles. The Morgan fingerprint density at radius 1 is 1.46 bits per heavy atom. The Bertz CT molecular complexity index is 723. The fourth-order valence-electron chi connectivity index (χ4n) is 1.89. The first-order valence-electron chi connectivity index (χ1n) is 6.42. The minimum absolute atomic E-state index is 0.0741. The van der Waals surface area contributed by atoms with Gasteiger partial charge < -0.3 is 14.6 Å². The first kappa shape index (κ1) is 18.1. The number of ether oxygens (including phenoxy) is 2. The maximum Gasteiger partial charge on any atom is 0.387 e. The number of halogens is 2. The SMILES string of the molecule is COc1cc(/C=C2\SC(=S)N(CC(=O)O)C2=O)ccc1OC(F)F. The third-order valence-electron chi connectivity index (χ3n) is 2.87. The zero-order valence-electron chi connectivity index (χ0n) is 12.2. The third-order valence-corrected chi connectivity index (χ3v) is 4.25. The van der Waals surface area contributed by atoms with Crippen LogP contribution in [0.15, 0.2) is 23.1 Å². The van der Waals surface area contributed by atoms with Gasteiger partial charge in [-0.05, 0) is 23.8 Å². The molecule has 1 aliphatic rings. The lowest BCUT2D eigenvalue weighted by Crippen LogP contribution is -2.33. The summed E-state index contributed by atoms with van der Waals surface area (Å²) in [7, 11) is 1.30. The second-order valence-corrected chi connectivity index (χ2v) is 6.13. The van der Waals surface area contributed by atoms with Crippen LogP contribution in [0.1, 0.15) is 5.56 Å². The van der Waals surface area contributed by atoms with Crippen LogP contribution in [-0.2, 0) is 9.59 Å². The smallest absolute Gasteiger partial charge is 0.387 e. The van der Waals surface area contributed by atoms with E-state index >= 15 is 0 Å². The average Bonchev–Trinajstić information content (AvgIpc) is 2.75. The van der Waals surface area contributed by atoms with Crippen LogP contribution in [0.3, 0.4) is 0 Å². The topological polar surface area (TPSA) is 76.1 Å². The van der Waals surface area contributed by atoms with Gasteiger partial charge in [-0.25, -0.2) is 0 Å². The Labute approximate surface area is 145 Å². The number of carboxylic acids is 1. The first-order chi connectivity index (χ1) is 11.3. The molecule has 0 aliphatic carbocycles. The van der Waals surface area contributed by atoms with E-state index in [4.69, 9.17) is 22.1 Å². The molecule has 6 nitrogen and oxygen atoms in total. The number of nitrogens with zero attached hydrogens (tertiary/aromatic N) is 1. The number of rotatable bonds is 6. The monoisotopic (exact) mass is 375 g/mol. The van der Waals surface area contributed by atoms with E-state index in [1.54, 1.807) is 0 Å². The molecule has 2 rings (SSSR count). The first-order valence-corrected chi connectivity index (χ1v) is 7.64. The van der Waals surface area contributed by atoms with Crippen molar-refractivity contribution in [2.45, 2.75) is 6.61 Å². The number of carboxylic acid groups (broad SMARTS) is 1. The molecule has 0 unspecified atom stereocenters. The highest BCUT2D eigenvalue weighted by Crippen LogP contribution is 2.35. The van der Waals surface area contributed by atoms with E-state index in [0.717, 1.165) is 16.7 Å². The largest absolute Gasteiger partial charge is 0.493 e. The molecular formula is C14H11F2NO5S2. The van der Waals surface area contributed by atoms with Crippen molar-refractivity contribution in [3.8, 4) is 11.5 Å². The van der Waals surface area contributed by atoms with Crippen LogP contribution in [0.2, 0.25) is 0 Å². The number of hydrogen-bond donors (Lipinski definition) is 1. The Morgan fingerprint density at radius 3 is 2.75 bits per heavy atom. The van der Waals surface area contributed by atoms with E-state index in [1.165, 1.54) is 31.4 Å². The van der Waals surface area contributed by atoms with Gasteiger partial charge in [-0.1, -0.05) is 30.0 Å². The van der Waals surface area contributed by atoms with Crippen molar-refractivity contribution < 1.29 is 33.0 Å². The lowest BCUT2D eigenvalue weighted by Gasteiger charge is -2.11. The quantitative estimate of drug-likeness (QED) is 0.605.